The van der Waals surface area contributed by atoms with Crippen LogP contribution in [0.1, 0.15) is 21.5 Å². The van der Waals surface area contributed by atoms with E-state index in [0.29, 0.717) is 29.2 Å². The Morgan fingerprint density at radius 3 is 2.50 bits per heavy atom. The number of carbonyl (C=O) groups excluding carboxylic acids is 1. The van der Waals surface area contributed by atoms with Crippen molar-refractivity contribution in [3.8, 4) is 0 Å². The number of amides is 1. The molecule has 4 aromatic rings. The van der Waals surface area contributed by atoms with Gasteiger partial charge >= 0.3 is 6.18 Å². The van der Waals surface area contributed by atoms with E-state index in [-0.39, 0.29) is 11.6 Å². The number of hydrogen-bond donors (Lipinski definition) is 3. The fraction of sp³-hybridized carbons (Fsp3) is 0.125. The van der Waals surface area contributed by atoms with Crippen LogP contribution in [-0.2, 0) is 12.6 Å². The molecule has 4 rings (SSSR count). The summed E-state index contributed by atoms with van der Waals surface area (Å²) >= 11 is 6.07. The van der Waals surface area contributed by atoms with Crippen molar-refractivity contribution < 1.29 is 18.0 Å². The molecule has 0 saturated heterocycles. The third-order valence-corrected chi connectivity index (χ3v) is 5.25. The highest BCUT2D eigenvalue weighted by atomic mass is 35.5. The number of H-pyrrole nitrogens is 1. The van der Waals surface area contributed by atoms with Gasteiger partial charge in [-0.05, 0) is 66.6 Å². The van der Waals surface area contributed by atoms with Crippen molar-refractivity contribution >= 4 is 39.8 Å². The normalized spacial score (nSPS) is 11.5. The Morgan fingerprint density at radius 1 is 0.969 bits per heavy atom. The second kappa shape index (κ2) is 8.96. The maximum atomic E-state index is 12.9. The summed E-state index contributed by atoms with van der Waals surface area (Å²) in [6, 6.07) is 17.1. The van der Waals surface area contributed by atoms with Crippen molar-refractivity contribution in [2.45, 2.75) is 12.6 Å². The molecule has 0 aliphatic rings. The molecule has 0 atom stereocenters. The van der Waals surface area contributed by atoms with Gasteiger partial charge in [-0.25, -0.2) is 0 Å². The molecule has 0 aliphatic heterocycles. The van der Waals surface area contributed by atoms with Crippen molar-refractivity contribution in [1.29, 1.82) is 0 Å². The highest BCUT2D eigenvalue weighted by molar-refractivity contribution is 6.31. The van der Waals surface area contributed by atoms with Gasteiger partial charge in [-0.15, -0.1) is 0 Å². The standard InChI is InChI=1S/C24H19ClF3N3O/c25-18-7-8-22-21(13-18)16(14-30-22)9-10-29-23(32)15-3-1-5-19(11-15)31-20-6-2-4-17(12-20)24(26,27)28/h1-8,11-14,30-31H,9-10H2,(H,29,32). The zero-order valence-electron chi connectivity index (χ0n) is 16.8. The first kappa shape index (κ1) is 21.8. The number of alkyl halides is 3. The van der Waals surface area contributed by atoms with Crippen molar-refractivity contribution in [1.82, 2.24) is 10.3 Å². The van der Waals surface area contributed by atoms with Crippen LogP contribution in [0.15, 0.2) is 72.9 Å². The van der Waals surface area contributed by atoms with Gasteiger partial charge < -0.3 is 15.6 Å². The SMILES string of the molecule is O=C(NCCc1c[nH]c2ccc(Cl)cc12)c1cccc(Nc2cccc(C(F)(F)F)c2)c1. The molecule has 3 aromatic carbocycles. The van der Waals surface area contributed by atoms with Crippen LogP contribution in [0.3, 0.4) is 0 Å². The van der Waals surface area contributed by atoms with E-state index < -0.39 is 11.7 Å². The number of carbonyl (C=O) groups is 1. The van der Waals surface area contributed by atoms with Crippen molar-refractivity contribution in [2.24, 2.45) is 0 Å². The molecule has 0 radical (unpaired) electrons. The zero-order chi connectivity index (χ0) is 22.7. The third kappa shape index (κ3) is 5.06. The molecule has 0 bridgehead atoms. The molecule has 0 saturated carbocycles. The van der Waals surface area contributed by atoms with Crippen molar-refractivity contribution in [2.75, 3.05) is 11.9 Å². The predicted molar refractivity (Wildman–Crippen MR) is 121 cm³/mol. The maximum absolute atomic E-state index is 12.9. The summed E-state index contributed by atoms with van der Waals surface area (Å²) in [6.07, 6.45) is -1.91. The maximum Gasteiger partial charge on any atom is 0.416 e. The number of fused-ring (bicyclic) bond motifs is 1. The van der Waals surface area contributed by atoms with Gasteiger partial charge in [0.05, 0.1) is 5.56 Å². The number of aromatic nitrogens is 1. The molecular formula is C24H19ClF3N3O. The summed E-state index contributed by atoms with van der Waals surface area (Å²) in [4.78, 5) is 15.7. The van der Waals surface area contributed by atoms with Gasteiger partial charge in [0.1, 0.15) is 0 Å². The molecule has 3 N–H and O–H groups in total. The van der Waals surface area contributed by atoms with E-state index in [2.05, 4.69) is 15.6 Å². The van der Waals surface area contributed by atoms with Crippen LogP contribution in [0.4, 0.5) is 24.5 Å². The number of benzene rings is 3. The first-order valence-corrected chi connectivity index (χ1v) is 10.3. The van der Waals surface area contributed by atoms with E-state index in [1.807, 2.05) is 24.4 Å². The highest BCUT2D eigenvalue weighted by Gasteiger charge is 2.30. The lowest BCUT2D eigenvalue weighted by atomic mass is 10.1. The minimum Gasteiger partial charge on any atom is -0.361 e. The Morgan fingerprint density at radius 2 is 1.72 bits per heavy atom. The lowest BCUT2D eigenvalue weighted by Crippen LogP contribution is -2.25. The van der Waals surface area contributed by atoms with E-state index in [9.17, 15) is 18.0 Å². The zero-order valence-corrected chi connectivity index (χ0v) is 17.5. The number of rotatable bonds is 6. The van der Waals surface area contributed by atoms with Crippen LogP contribution >= 0.6 is 11.6 Å². The van der Waals surface area contributed by atoms with Crippen LogP contribution in [-0.4, -0.2) is 17.4 Å². The van der Waals surface area contributed by atoms with Gasteiger partial charge in [0.15, 0.2) is 0 Å². The van der Waals surface area contributed by atoms with Gasteiger partial charge in [0.25, 0.3) is 5.91 Å². The molecule has 32 heavy (non-hydrogen) atoms. The molecule has 1 aromatic heterocycles. The molecule has 0 fully saturated rings. The fourth-order valence-corrected chi connectivity index (χ4v) is 3.62. The van der Waals surface area contributed by atoms with Crippen LogP contribution in [0.2, 0.25) is 5.02 Å². The summed E-state index contributed by atoms with van der Waals surface area (Å²) in [5.41, 5.74) is 2.49. The van der Waals surface area contributed by atoms with E-state index in [0.717, 1.165) is 28.6 Å². The quantitative estimate of drug-likeness (QED) is 0.307. The lowest BCUT2D eigenvalue weighted by Gasteiger charge is -2.12. The number of anilines is 2. The average molecular weight is 458 g/mol. The number of nitrogens with one attached hydrogen (secondary N) is 3. The summed E-state index contributed by atoms with van der Waals surface area (Å²) in [7, 11) is 0. The second-order valence-corrected chi connectivity index (χ2v) is 7.73. The minimum atomic E-state index is -4.42. The summed E-state index contributed by atoms with van der Waals surface area (Å²) < 4.78 is 38.7. The predicted octanol–water partition coefficient (Wildman–Crippen LogP) is 6.56. The topological polar surface area (TPSA) is 56.9 Å². The monoisotopic (exact) mass is 457 g/mol. The number of hydrogen-bond acceptors (Lipinski definition) is 2. The van der Waals surface area contributed by atoms with Crippen LogP contribution in [0, 0.1) is 0 Å². The van der Waals surface area contributed by atoms with Gasteiger partial charge in [-0.1, -0.05) is 23.7 Å². The van der Waals surface area contributed by atoms with Gasteiger partial charge in [0, 0.05) is 45.6 Å². The van der Waals surface area contributed by atoms with Gasteiger partial charge in [-0.3, -0.25) is 4.79 Å². The van der Waals surface area contributed by atoms with E-state index in [1.165, 1.54) is 12.1 Å². The van der Waals surface area contributed by atoms with Gasteiger partial charge in [-0.2, -0.15) is 13.2 Å². The highest BCUT2D eigenvalue weighted by Crippen LogP contribution is 2.31. The molecule has 1 amide bonds. The van der Waals surface area contributed by atoms with E-state index in [1.54, 1.807) is 24.3 Å². The van der Waals surface area contributed by atoms with Crippen LogP contribution in [0.25, 0.3) is 10.9 Å². The Bertz CT molecular complexity index is 1270. The Hall–Kier alpha value is -3.45. The number of halogens is 4. The molecule has 0 spiro atoms. The smallest absolute Gasteiger partial charge is 0.361 e. The Kier molecular flexibility index (Phi) is 6.10. The fourth-order valence-electron chi connectivity index (χ4n) is 3.45. The van der Waals surface area contributed by atoms with E-state index in [4.69, 9.17) is 11.6 Å². The molecule has 4 nitrogen and oxygen atoms in total. The average Bonchev–Trinajstić information content (AvgIpc) is 3.15. The second-order valence-electron chi connectivity index (χ2n) is 7.29. The molecule has 0 unspecified atom stereocenters. The molecule has 8 heteroatoms. The summed E-state index contributed by atoms with van der Waals surface area (Å²) in [5.74, 6) is -0.268. The molecule has 1 heterocycles. The largest absolute Gasteiger partial charge is 0.416 e. The Balaban J connectivity index is 1.39. The van der Waals surface area contributed by atoms with Gasteiger partial charge in [0.2, 0.25) is 0 Å². The molecule has 0 aliphatic carbocycles. The first-order valence-electron chi connectivity index (χ1n) is 9.88. The van der Waals surface area contributed by atoms with E-state index >= 15 is 0 Å². The van der Waals surface area contributed by atoms with Crippen LogP contribution < -0.4 is 10.6 Å². The minimum absolute atomic E-state index is 0.268. The van der Waals surface area contributed by atoms with Crippen LogP contribution in [0.5, 0.6) is 0 Å². The van der Waals surface area contributed by atoms with Crippen molar-refractivity contribution in [3.63, 3.8) is 0 Å². The van der Waals surface area contributed by atoms with Crippen molar-refractivity contribution in [3.05, 3.63) is 94.6 Å². The lowest BCUT2D eigenvalue weighted by molar-refractivity contribution is -0.137. The number of aromatic amines is 1. The summed E-state index contributed by atoms with van der Waals surface area (Å²) in [5, 5.41) is 7.45. The third-order valence-electron chi connectivity index (χ3n) is 5.01. The first-order chi connectivity index (χ1) is 15.3. The molecule has 164 valence electrons. The molecular weight excluding hydrogens is 439 g/mol. The summed E-state index contributed by atoms with van der Waals surface area (Å²) in [6.45, 7) is 0.420. The Labute approximate surface area is 187 Å².